The van der Waals surface area contributed by atoms with Gasteiger partial charge in [0.2, 0.25) is 0 Å². The van der Waals surface area contributed by atoms with E-state index in [9.17, 15) is 44.3 Å². The fourth-order valence-electron chi connectivity index (χ4n) is 4.00. The summed E-state index contributed by atoms with van der Waals surface area (Å²) in [6, 6.07) is 23.3. The number of quaternary nitrogens is 1. The van der Waals surface area contributed by atoms with Crippen molar-refractivity contribution in [3.8, 4) is 0 Å². The zero-order valence-electron chi connectivity index (χ0n) is 28.7. The summed E-state index contributed by atoms with van der Waals surface area (Å²) >= 11 is 0. The first-order valence-electron chi connectivity index (χ1n) is 14.8. The van der Waals surface area contributed by atoms with Crippen molar-refractivity contribution in [3.63, 3.8) is 0 Å². The maximum atomic E-state index is 13.3. The molecule has 13 nitrogen and oxygen atoms in total. The van der Waals surface area contributed by atoms with Crippen LogP contribution in [-0.4, -0.2) is 84.1 Å². The number of carbonyl (C=O) groups excluding carboxylic acids is 2. The van der Waals surface area contributed by atoms with Crippen molar-refractivity contribution < 1.29 is 74.0 Å². The number of nitrogen functional groups attached to an aromatic ring is 2. The zero-order valence-corrected chi connectivity index (χ0v) is 28.7. The minimum atomic E-state index is -5.19. The summed E-state index contributed by atoms with van der Waals surface area (Å²) in [4.78, 5) is 39.8. The topological polar surface area (TPSA) is 225 Å². The van der Waals surface area contributed by atoms with Crippen molar-refractivity contribution in [3.05, 3.63) is 95.2 Å². The van der Waals surface area contributed by atoms with Crippen molar-refractivity contribution >= 4 is 51.9 Å². The number of hydrogen-bond donors (Lipinski definition) is 6. The van der Waals surface area contributed by atoms with E-state index in [0.717, 1.165) is 26.5 Å². The highest BCUT2D eigenvalue weighted by Crippen LogP contribution is 2.25. The van der Waals surface area contributed by atoms with Gasteiger partial charge < -0.3 is 41.5 Å². The fraction of sp³-hybridized carbons (Fsp3) is 0.242. The Morgan fingerprint density at radius 2 is 1.27 bits per heavy atom. The van der Waals surface area contributed by atoms with Crippen molar-refractivity contribution in [1.82, 2.24) is 14.4 Å². The number of amidine groups is 1. The predicted octanol–water partition coefficient (Wildman–Crippen LogP) is 4.25. The molecule has 300 valence electrons. The Bertz CT molecular complexity index is 1930. The standard InChI is InChI=1S/C27H30N6O.3C2HF3O2/c1-33(2,3)23-10-7-18(8-11-23)16-31-27(34)25-15-21-14-22(28)9-12-24(21)32(25)17-19-5-4-6-20(13-19)26(29)30;3*3-2(4,5)1(6)7/h4-15H,16-17,28H2,1-3H3,(H3-,29,30,31,34);3*(H,6,7). The van der Waals surface area contributed by atoms with Gasteiger partial charge in [-0.3, -0.25) is 14.7 Å². The molecular weight excluding hydrogens is 763 g/mol. The summed E-state index contributed by atoms with van der Waals surface area (Å²) in [5.41, 5.74) is 17.6. The van der Waals surface area contributed by atoms with E-state index in [1.165, 1.54) is 5.69 Å². The number of benzene rings is 3. The number of nitrogens with two attached hydrogens (primary N) is 2. The highest BCUT2D eigenvalue weighted by molar-refractivity contribution is 5.99. The van der Waals surface area contributed by atoms with E-state index in [4.69, 9.17) is 46.6 Å². The van der Waals surface area contributed by atoms with Crippen LogP contribution in [0.5, 0.6) is 0 Å². The molecule has 0 fully saturated rings. The number of nitrogens with one attached hydrogen (secondary N) is 2. The lowest BCUT2D eigenvalue weighted by molar-refractivity contribution is -0.344. The van der Waals surface area contributed by atoms with Gasteiger partial charge in [-0.2, -0.15) is 39.5 Å². The second kappa shape index (κ2) is 18.6. The maximum absolute atomic E-state index is 13.3. The normalized spacial score (nSPS) is 11.4. The number of hydrogen-bond acceptors (Lipinski definition) is 7. The first-order chi connectivity index (χ1) is 24.9. The van der Waals surface area contributed by atoms with Crippen LogP contribution in [0.15, 0.2) is 72.8 Å². The molecule has 22 heteroatoms. The number of aromatic nitrogens is 1. The molecule has 0 saturated carbocycles. The van der Waals surface area contributed by atoms with Gasteiger partial charge in [0.15, 0.2) is 0 Å². The van der Waals surface area contributed by atoms with Crippen molar-refractivity contribution in [2.45, 2.75) is 31.6 Å². The number of fused-ring (bicyclic) bond motifs is 1. The monoisotopic (exact) mass is 796 g/mol. The van der Waals surface area contributed by atoms with E-state index in [0.29, 0.717) is 30.0 Å². The largest absolute Gasteiger partial charge is 0.542 e. The van der Waals surface area contributed by atoms with E-state index in [-0.39, 0.29) is 11.7 Å². The average molecular weight is 797 g/mol. The summed E-state index contributed by atoms with van der Waals surface area (Å²) in [7, 11) is 6.36. The predicted molar refractivity (Wildman–Crippen MR) is 179 cm³/mol. The molecule has 4 aromatic rings. The van der Waals surface area contributed by atoms with Gasteiger partial charge in [-0.05, 0) is 53.6 Å². The Kier molecular flexibility index (Phi) is 15.8. The molecule has 0 unspecified atom stereocenters. The molecule has 0 atom stereocenters. The number of alkyl halides is 9. The van der Waals surface area contributed by atoms with Crippen LogP contribution in [0, 0.1) is 5.41 Å². The average Bonchev–Trinajstić information content (AvgIpc) is 3.40. The van der Waals surface area contributed by atoms with Crippen LogP contribution in [0.25, 0.3) is 10.9 Å². The number of carboxylic acids is 3. The van der Waals surface area contributed by atoms with E-state index in [1.807, 2.05) is 59.2 Å². The molecule has 4 rings (SSSR count). The van der Waals surface area contributed by atoms with Crippen LogP contribution in [0.2, 0.25) is 0 Å². The number of carboxylic acid groups (broad SMARTS) is 3. The second-order valence-corrected chi connectivity index (χ2v) is 11.8. The highest BCUT2D eigenvalue weighted by atomic mass is 19.4. The van der Waals surface area contributed by atoms with E-state index >= 15 is 0 Å². The van der Waals surface area contributed by atoms with Crippen molar-refractivity contribution in [2.75, 3.05) is 26.9 Å². The van der Waals surface area contributed by atoms with Crippen LogP contribution in [-0.2, 0) is 27.5 Å². The summed E-state index contributed by atoms with van der Waals surface area (Å²) in [6.45, 7) is 0.898. The molecular formula is C33H33F9N6O7. The third-order valence-electron chi connectivity index (χ3n) is 6.62. The van der Waals surface area contributed by atoms with Gasteiger partial charge in [0.05, 0.1) is 21.1 Å². The molecule has 3 aromatic carbocycles. The van der Waals surface area contributed by atoms with Gasteiger partial charge in [-0.15, -0.1) is 0 Å². The molecule has 0 saturated heterocycles. The Morgan fingerprint density at radius 1 is 0.782 bits per heavy atom. The minimum Gasteiger partial charge on any atom is -0.542 e. The summed E-state index contributed by atoms with van der Waals surface area (Å²) in [5.74, 6) is -8.66. The van der Waals surface area contributed by atoms with Crippen LogP contribution < -0.4 is 26.4 Å². The quantitative estimate of drug-likeness (QED) is 0.0516. The lowest BCUT2D eigenvalue weighted by Gasteiger charge is -2.23. The summed E-state index contributed by atoms with van der Waals surface area (Å²) in [6.07, 6.45) is -15.4. The molecule has 0 aliphatic heterocycles. The molecule has 0 aliphatic carbocycles. The third kappa shape index (κ3) is 15.7. The molecule has 8 N–H and O–H groups in total. The lowest BCUT2D eigenvalue weighted by Crippen LogP contribution is -2.37. The first-order valence-corrected chi connectivity index (χ1v) is 14.8. The molecule has 55 heavy (non-hydrogen) atoms. The molecule has 0 spiro atoms. The van der Waals surface area contributed by atoms with Crippen LogP contribution in [0.1, 0.15) is 27.2 Å². The highest BCUT2D eigenvalue weighted by Gasteiger charge is 2.39. The summed E-state index contributed by atoms with van der Waals surface area (Å²) < 4.78 is 97.7. The van der Waals surface area contributed by atoms with Crippen molar-refractivity contribution in [2.24, 2.45) is 5.73 Å². The second-order valence-electron chi connectivity index (χ2n) is 11.8. The maximum Gasteiger partial charge on any atom is 0.490 e. The number of carbonyl (C=O) groups is 4. The summed E-state index contributed by atoms with van der Waals surface area (Å²) in [5, 5.41) is 34.7. The van der Waals surface area contributed by atoms with Crippen LogP contribution in [0.3, 0.4) is 0 Å². The van der Waals surface area contributed by atoms with Crippen LogP contribution >= 0.6 is 0 Å². The molecule has 0 aliphatic rings. The number of nitrogens with zero attached hydrogens (tertiary/aromatic N) is 2. The van der Waals surface area contributed by atoms with Crippen LogP contribution in [0.4, 0.5) is 50.9 Å². The Morgan fingerprint density at radius 3 is 1.69 bits per heavy atom. The number of aliphatic carboxylic acids is 3. The van der Waals surface area contributed by atoms with Gasteiger partial charge in [0.1, 0.15) is 23.2 Å². The number of amides is 1. The number of anilines is 1. The molecule has 1 heterocycles. The van der Waals surface area contributed by atoms with Gasteiger partial charge >= 0.3 is 30.5 Å². The van der Waals surface area contributed by atoms with E-state index < -0.39 is 36.4 Å². The Labute approximate surface area is 305 Å². The number of rotatable bonds is 7. The van der Waals surface area contributed by atoms with Gasteiger partial charge in [-0.1, -0.05) is 30.3 Å². The molecule has 0 bridgehead atoms. The minimum absolute atomic E-state index is 0.0150. The van der Waals surface area contributed by atoms with E-state index in [1.54, 1.807) is 6.07 Å². The molecule has 0 radical (unpaired) electrons. The van der Waals surface area contributed by atoms with Gasteiger partial charge in [0, 0.05) is 35.2 Å². The zero-order chi connectivity index (χ0) is 42.7. The van der Waals surface area contributed by atoms with Crippen molar-refractivity contribution in [1.29, 1.82) is 5.41 Å². The first kappa shape index (κ1) is 46.7. The molecule has 1 aromatic heterocycles. The fourth-order valence-corrected chi connectivity index (χ4v) is 4.00. The molecule has 1 amide bonds. The van der Waals surface area contributed by atoms with Gasteiger partial charge in [-0.25, -0.2) is 9.59 Å². The Hall–Kier alpha value is -6.32. The Balaban J connectivity index is 0.000000588. The van der Waals surface area contributed by atoms with E-state index in [2.05, 4.69) is 38.6 Å². The number of halogens is 9. The SMILES string of the molecule is C[N+](C)(C)c1ccc(CNC(=O)c2cc3cc(N)ccc3n2Cc2cccc(C(=N)N)c2)cc1.O=C(O)C(F)(F)F.O=C(O)C(F)(F)F.O=C([O-])C(F)(F)F. The van der Waals surface area contributed by atoms with Gasteiger partial charge in [0.25, 0.3) is 5.91 Å². The smallest absolute Gasteiger partial charge is 0.490 e. The lowest BCUT2D eigenvalue weighted by atomic mass is 10.1. The third-order valence-corrected chi connectivity index (χ3v) is 6.62.